The molecule has 0 aliphatic carbocycles. The highest BCUT2D eigenvalue weighted by molar-refractivity contribution is 9.10. The summed E-state index contributed by atoms with van der Waals surface area (Å²) in [7, 11) is 0. The quantitative estimate of drug-likeness (QED) is 0.881. The summed E-state index contributed by atoms with van der Waals surface area (Å²) in [5.74, 6) is 0. The number of hydrogen-bond acceptors (Lipinski definition) is 3. The van der Waals surface area contributed by atoms with Crippen molar-refractivity contribution in [2.24, 2.45) is 0 Å². The highest BCUT2D eigenvalue weighted by atomic mass is 79.9. The first kappa shape index (κ1) is 12.9. The molecular weight excluding hydrogens is 282 g/mol. The lowest BCUT2D eigenvalue weighted by Crippen LogP contribution is -2.46. The van der Waals surface area contributed by atoms with Crippen LogP contribution in [0, 0.1) is 0 Å². The van der Waals surface area contributed by atoms with Crippen molar-refractivity contribution < 1.29 is 10.2 Å². The van der Waals surface area contributed by atoms with Gasteiger partial charge in [-0.2, -0.15) is 0 Å². The Bertz CT molecular complexity index is 406. The Labute approximate surface area is 110 Å². The average molecular weight is 300 g/mol. The molecule has 1 saturated heterocycles. The SMILES string of the molecule is CC1(O)CCCN(c2ccc(CO)c(Br)c2)C1. The van der Waals surface area contributed by atoms with E-state index in [0.717, 1.165) is 35.1 Å². The number of nitrogens with zero attached hydrogens (tertiary/aromatic N) is 1. The second-order valence-electron chi connectivity index (χ2n) is 4.96. The molecule has 1 atom stereocenters. The smallest absolute Gasteiger partial charge is 0.0794 e. The summed E-state index contributed by atoms with van der Waals surface area (Å²) >= 11 is 3.45. The number of anilines is 1. The molecular formula is C13H18BrNO2. The fourth-order valence-electron chi connectivity index (χ4n) is 2.30. The molecule has 2 N–H and O–H groups in total. The summed E-state index contributed by atoms with van der Waals surface area (Å²) < 4.78 is 0.919. The van der Waals surface area contributed by atoms with E-state index in [1.807, 2.05) is 25.1 Å². The third-order valence-corrected chi connectivity index (χ3v) is 3.99. The molecule has 1 unspecified atom stereocenters. The maximum Gasteiger partial charge on any atom is 0.0794 e. The van der Waals surface area contributed by atoms with E-state index in [1.165, 1.54) is 0 Å². The van der Waals surface area contributed by atoms with Gasteiger partial charge in [0.1, 0.15) is 0 Å². The Morgan fingerprint density at radius 3 is 2.82 bits per heavy atom. The van der Waals surface area contributed by atoms with Crippen LogP contribution in [0.4, 0.5) is 5.69 Å². The fraction of sp³-hybridized carbons (Fsp3) is 0.538. The van der Waals surface area contributed by atoms with Crippen molar-refractivity contribution in [1.82, 2.24) is 0 Å². The van der Waals surface area contributed by atoms with E-state index in [9.17, 15) is 5.11 Å². The largest absolute Gasteiger partial charge is 0.392 e. The van der Waals surface area contributed by atoms with Gasteiger partial charge in [0, 0.05) is 23.2 Å². The highest BCUT2D eigenvalue weighted by Gasteiger charge is 2.28. The minimum atomic E-state index is -0.597. The standard InChI is InChI=1S/C13H18BrNO2/c1-13(17)5-2-6-15(9-13)11-4-3-10(8-16)12(14)7-11/h3-4,7,16-17H,2,5-6,8-9H2,1H3. The predicted octanol–water partition coefficient (Wildman–Crippen LogP) is 2.29. The molecule has 0 saturated carbocycles. The van der Waals surface area contributed by atoms with Crippen LogP contribution in [0.2, 0.25) is 0 Å². The Kier molecular flexibility index (Phi) is 3.76. The molecule has 1 aliphatic rings. The van der Waals surface area contributed by atoms with Crippen LogP contribution >= 0.6 is 15.9 Å². The molecule has 3 nitrogen and oxygen atoms in total. The van der Waals surface area contributed by atoms with Crippen LogP contribution in [0.5, 0.6) is 0 Å². The fourth-order valence-corrected chi connectivity index (χ4v) is 2.79. The van der Waals surface area contributed by atoms with Crippen LogP contribution in [-0.4, -0.2) is 28.9 Å². The number of halogens is 1. The van der Waals surface area contributed by atoms with E-state index in [4.69, 9.17) is 5.11 Å². The second-order valence-corrected chi connectivity index (χ2v) is 5.81. The molecule has 4 heteroatoms. The normalized spacial score (nSPS) is 25.1. The van der Waals surface area contributed by atoms with Gasteiger partial charge < -0.3 is 15.1 Å². The summed E-state index contributed by atoms with van der Waals surface area (Å²) in [6, 6.07) is 5.92. The van der Waals surface area contributed by atoms with Crippen molar-refractivity contribution in [2.75, 3.05) is 18.0 Å². The van der Waals surface area contributed by atoms with Crippen LogP contribution in [-0.2, 0) is 6.61 Å². The summed E-state index contributed by atoms with van der Waals surface area (Å²) in [5, 5.41) is 19.2. The summed E-state index contributed by atoms with van der Waals surface area (Å²) in [4.78, 5) is 2.19. The third kappa shape index (κ3) is 3.00. The maximum absolute atomic E-state index is 10.1. The van der Waals surface area contributed by atoms with E-state index in [1.54, 1.807) is 0 Å². The average Bonchev–Trinajstić information content (AvgIpc) is 2.27. The molecule has 0 spiro atoms. The Hall–Kier alpha value is -0.580. The van der Waals surface area contributed by atoms with Gasteiger partial charge in [-0.15, -0.1) is 0 Å². The van der Waals surface area contributed by atoms with Gasteiger partial charge in [-0.1, -0.05) is 22.0 Å². The summed E-state index contributed by atoms with van der Waals surface area (Å²) in [5.41, 5.74) is 1.38. The van der Waals surface area contributed by atoms with Gasteiger partial charge in [-0.3, -0.25) is 0 Å². The minimum absolute atomic E-state index is 0.0403. The zero-order chi connectivity index (χ0) is 12.5. The highest BCUT2D eigenvalue weighted by Crippen LogP contribution is 2.29. The molecule has 1 aromatic rings. The molecule has 0 radical (unpaired) electrons. The number of β-amino-alcohol motifs (C(OH)–C–C–N with tert-alkyl or cyclic N) is 1. The van der Waals surface area contributed by atoms with Gasteiger partial charge in [0.2, 0.25) is 0 Å². The van der Waals surface area contributed by atoms with E-state index in [-0.39, 0.29) is 6.61 Å². The van der Waals surface area contributed by atoms with Gasteiger partial charge in [0.25, 0.3) is 0 Å². The predicted molar refractivity (Wildman–Crippen MR) is 72.1 cm³/mol. The van der Waals surface area contributed by atoms with Crippen LogP contribution in [0.3, 0.4) is 0 Å². The van der Waals surface area contributed by atoms with Gasteiger partial charge in [0.05, 0.1) is 12.2 Å². The lowest BCUT2D eigenvalue weighted by Gasteiger charge is -2.38. The lowest BCUT2D eigenvalue weighted by atomic mass is 9.95. The molecule has 1 aromatic carbocycles. The van der Waals surface area contributed by atoms with Gasteiger partial charge >= 0.3 is 0 Å². The topological polar surface area (TPSA) is 43.7 Å². The van der Waals surface area contributed by atoms with Crippen molar-refractivity contribution in [3.05, 3.63) is 28.2 Å². The molecule has 17 heavy (non-hydrogen) atoms. The number of piperidine rings is 1. The number of aliphatic hydroxyl groups excluding tert-OH is 1. The van der Waals surface area contributed by atoms with Crippen LogP contribution in [0.1, 0.15) is 25.3 Å². The van der Waals surface area contributed by atoms with Gasteiger partial charge in [0.15, 0.2) is 0 Å². The molecule has 0 amide bonds. The van der Waals surface area contributed by atoms with Crippen LogP contribution < -0.4 is 4.90 Å². The lowest BCUT2D eigenvalue weighted by molar-refractivity contribution is 0.0449. The molecule has 0 aromatic heterocycles. The molecule has 1 fully saturated rings. The summed E-state index contributed by atoms with van der Waals surface area (Å²) in [6.07, 6.45) is 1.87. The third-order valence-electron chi connectivity index (χ3n) is 3.25. The van der Waals surface area contributed by atoms with E-state index < -0.39 is 5.60 Å². The molecule has 1 aliphatic heterocycles. The minimum Gasteiger partial charge on any atom is -0.392 e. The van der Waals surface area contributed by atoms with Crippen LogP contribution in [0.25, 0.3) is 0 Å². The Balaban J connectivity index is 2.19. The first-order chi connectivity index (χ1) is 8.02. The Morgan fingerprint density at radius 2 is 2.24 bits per heavy atom. The zero-order valence-corrected chi connectivity index (χ0v) is 11.6. The van der Waals surface area contributed by atoms with Crippen molar-refractivity contribution in [2.45, 2.75) is 32.0 Å². The van der Waals surface area contributed by atoms with Gasteiger partial charge in [-0.05, 0) is 37.5 Å². The Morgan fingerprint density at radius 1 is 1.47 bits per heavy atom. The van der Waals surface area contributed by atoms with Crippen molar-refractivity contribution in [1.29, 1.82) is 0 Å². The number of benzene rings is 1. The second kappa shape index (κ2) is 4.96. The number of hydrogen-bond donors (Lipinski definition) is 2. The first-order valence-electron chi connectivity index (χ1n) is 5.88. The monoisotopic (exact) mass is 299 g/mol. The van der Waals surface area contributed by atoms with Crippen molar-refractivity contribution >= 4 is 21.6 Å². The molecule has 1 heterocycles. The van der Waals surface area contributed by atoms with Crippen LogP contribution in [0.15, 0.2) is 22.7 Å². The molecule has 2 rings (SSSR count). The molecule has 0 bridgehead atoms. The zero-order valence-electron chi connectivity index (χ0n) is 9.99. The maximum atomic E-state index is 10.1. The molecule has 94 valence electrons. The van der Waals surface area contributed by atoms with E-state index in [2.05, 4.69) is 20.8 Å². The van der Waals surface area contributed by atoms with E-state index >= 15 is 0 Å². The summed E-state index contributed by atoms with van der Waals surface area (Å²) in [6.45, 7) is 3.56. The number of rotatable bonds is 2. The number of aliphatic hydroxyl groups is 2. The first-order valence-corrected chi connectivity index (χ1v) is 6.68. The van der Waals surface area contributed by atoms with E-state index in [0.29, 0.717) is 6.54 Å². The van der Waals surface area contributed by atoms with Gasteiger partial charge in [-0.25, -0.2) is 0 Å². The van der Waals surface area contributed by atoms with Crippen molar-refractivity contribution in [3.63, 3.8) is 0 Å². The van der Waals surface area contributed by atoms with Crippen molar-refractivity contribution in [3.8, 4) is 0 Å².